The molecule has 0 spiro atoms. The van der Waals surface area contributed by atoms with Gasteiger partial charge in [-0.2, -0.15) is 5.10 Å². The first-order chi connectivity index (χ1) is 11.1. The van der Waals surface area contributed by atoms with E-state index in [1.165, 1.54) is 24.1 Å². The van der Waals surface area contributed by atoms with Crippen LogP contribution < -0.4 is 5.32 Å². The van der Waals surface area contributed by atoms with Crippen molar-refractivity contribution in [2.24, 2.45) is 5.92 Å². The second-order valence-electron chi connectivity index (χ2n) is 6.25. The molecule has 2 aromatic rings. The Balaban J connectivity index is 1.66. The fraction of sp³-hybridized carbons (Fsp3) is 0.500. The zero-order chi connectivity index (χ0) is 16.2. The van der Waals surface area contributed by atoms with Gasteiger partial charge in [-0.05, 0) is 56.9 Å². The Morgan fingerprint density at radius 3 is 2.78 bits per heavy atom. The Morgan fingerprint density at radius 1 is 1.30 bits per heavy atom. The number of nitrogens with zero attached hydrogens (tertiary/aromatic N) is 2. The van der Waals surface area contributed by atoms with Gasteiger partial charge in [0.2, 0.25) is 0 Å². The maximum atomic E-state index is 5.54. The van der Waals surface area contributed by atoms with Crippen LogP contribution in [0.15, 0.2) is 28.7 Å². The minimum absolute atomic E-state index is 0.644. The molecule has 1 aromatic carbocycles. The number of aromatic nitrogens is 2. The summed E-state index contributed by atoms with van der Waals surface area (Å²) in [4.78, 5) is 0. The molecule has 2 heterocycles. The summed E-state index contributed by atoms with van der Waals surface area (Å²) < 4.78 is 8.66. The third-order valence-corrected chi connectivity index (χ3v) is 5.03. The van der Waals surface area contributed by atoms with Gasteiger partial charge in [-0.3, -0.25) is 0 Å². The lowest BCUT2D eigenvalue weighted by Crippen LogP contribution is -2.29. The minimum Gasteiger partial charge on any atom is -0.381 e. The maximum Gasteiger partial charge on any atom is 0.0649 e. The highest BCUT2D eigenvalue weighted by Crippen LogP contribution is 2.20. The van der Waals surface area contributed by atoms with E-state index in [1.54, 1.807) is 0 Å². The van der Waals surface area contributed by atoms with E-state index in [2.05, 4.69) is 47.2 Å². The highest BCUT2D eigenvalue weighted by atomic mass is 79.9. The predicted octanol–water partition coefficient (Wildman–Crippen LogP) is 3.77. The van der Waals surface area contributed by atoms with Crippen LogP contribution in [0.25, 0.3) is 5.69 Å². The average molecular weight is 378 g/mol. The highest BCUT2D eigenvalue weighted by Gasteiger charge is 2.15. The molecular weight excluding hydrogens is 354 g/mol. The third kappa shape index (κ3) is 4.03. The van der Waals surface area contributed by atoms with Crippen LogP contribution in [0.1, 0.15) is 29.8 Å². The summed E-state index contributed by atoms with van der Waals surface area (Å²) in [5.74, 6) is 0.644. The SMILES string of the molecule is Cc1nn(-c2ccc(Br)cc2)c(C)c1CNCC1CCCOC1. The van der Waals surface area contributed by atoms with Crippen molar-refractivity contribution in [3.8, 4) is 5.69 Å². The molecule has 1 atom stereocenters. The Bertz CT molecular complexity index is 645. The van der Waals surface area contributed by atoms with E-state index < -0.39 is 0 Å². The van der Waals surface area contributed by atoms with Gasteiger partial charge >= 0.3 is 0 Å². The van der Waals surface area contributed by atoms with E-state index in [1.807, 2.05) is 16.8 Å². The summed E-state index contributed by atoms with van der Waals surface area (Å²) in [6, 6.07) is 8.26. The number of benzene rings is 1. The summed E-state index contributed by atoms with van der Waals surface area (Å²) in [6.07, 6.45) is 2.45. The van der Waals surface area contributed by atoms with Gasteiger partial charge in [-0.15, -0.1) is 0 Å². The van der Waals surface area contributed by atoms with E-state index in [0.717, 1.165) is 42.2 Å². The maximum absolute atomic E-state index is 5.54. The number of aryl methyl sites for hydroxylation is 1. The van der Waals surface area contributed by atoms with Crippen LogP contribution in [0.4, 0.5) is 0 Å². The van der Waals surface area contributed by atoms with E-state index >= 15 is 0 Å². The first-order valence-corrected chi connectivity index (χ1v) is 9.04. The van der Waals surface area contributed by atoms with Crippen molar-refractivity contribution in [3.05, 3.63) is 45.7 Å². The fourth-order valence-corrected chi connectivity index (χ4v) is 3.40. The van der Waals surface area contributed by atoms with Crippen LogP contribution >= 0.6 is 15.9 Å². The molecule has 23 heavy (non-hydrogen) atoms. The highest BCUT2D eigenvalue weighted by molar-refractivity contribution is 9.10. The van der Waals surface area contributed by atoms with Gasteiger partial charge in [-0.25, -0.2) is 4.68 Å². The van der Waals surface area contributed by atoms with E-state index in [4.69, 9.17) is 9.84 Å². The number of rotatable bonds is 5. The molecule has 1 fully saturated rings. The van der Waals surface area contributed by atoms with Gasteiger partial charge in [0.1, 0.15) is 0 Å². The number of nitrogens with one attached hydrogen (secondary N) is 1. The molecule has 1 saturated heterocycles. The Kier molecular flexibility index (Phi) is 5.51. The van der Waals surface area contributed by atoms with Crippen LogP contribution in [-0.2, 0) is 11.3 Å². The zero-order valence-corrected chi connectivity index (χ0v) is 15.4. The first kappa shape index (κ1) is 16.7. The number of hydrogen-bond donors (Lipinski definition) is 1. The van der Waals surface area contributed by atoms with Crippen molar-refractivity contribution in [1.29, 1.82) is 0 Å². The first-order valence-electron chi connectivity index (χ1n) is 8.24. The Morgan fingerprint density at radius 2 is 2.09 bits per heavy atom. The molecule has 1 unspecified atom stereocenters. The van der Waals surface area contributed by atoms with Crippen molar-refractivity contribution in [2.75, 3.05) is 19.8 Å². The molecule has 1 aliphatic heterocycles. The van der Waals surface area contributed by atoms with Gasteiger partial charge in [0, 0.05) is 35.4 Å². The standard InChI is InChI=1S/C18H24BrN3O/c1-13-18(11-20-10-15-4-3-9-23-12-15)14(2)22(21-13)17-7-5-16(19)6-8-17/h5-8,15,20H,3-4,9-12H2,1-2H3. The van der Waals surface area contributed by atoms with Crippen LogP contribution in [0, 0.1) is 19.8 Å². The molecule has 0 bridgehead atoms. The average Bonchev–Trinajstić information content (AvgIpc) is 2.85. The second-order valence-corrected chi connectivity index (χ2v) is 7.17. The molecular formula is C18H24BrN3O. The van der Waals surface area contributed by atoms with E-state index in [0.29, 0.717) is 5.92 Å². The monoisotopic (exact) mass is 377 g/mol. The van der Waals surface area contributed by atoms with Crippen LogP contribution in [0.5, 0.6) is 0 Å². The topological polar surface area (TPSA) is 39.1 Å². The van der Waals surface area contributed by atoms with Gasteiger partial charge in [-0.1, -0.05) is 15.9 Å². The van der Waals surface area contributed by atoms with Crippen molar-refractivity contribution >= 4 is 15.9 Å². The van der Waals surface area contributed by atoms with Crippen LogP contribution in [-0.4, -0.2) is 29.5 Å². The summed E-state index contributed by atoms with van der Waals surface area (Å²) >= 11 is 3.48. The predicted molar refractivity (Wildman–Crippen MR) is 96.0 cm³/mol. The van der Waals surface area contributed by atoms with Crippen molar-refractivity contribution < 1.29 is 4.74 Å². The molecule has 3 rings (SSSR count). The summed E-state index contributed by atoms with van der Waals surface area (Å²) in [6.45, 7) is 7.93. The van der Waals surface area contributed by atoms with Crippen LogP contribution in [0.2, 0.25) is 0 Å². The lowest BCUT2D eigenvalue weighted by atomic mass is 10.0. The van der Waals surface area contributed by atoms with Gasteiger partial charge in [0.15, 0.2) is 0 Å². The Labute approximate surface area is 146 Å². The van der Waals surface area contributed by atoms with Crippen molar-refractivity contribution in [3.63, 3.8) is 0 Å². The molecule has 1 N–H and O–H groups in total. The van der Waals surface area contributed by atoms with Gasteiger partial charge in [0.05, 0.1) is 18.0 Å². The molecule has 0 amide bonds. The summed E-state index contributed by atoms with van der Waals surface area (Å²) in [7, 11) is 0. The number of hydrogen-bond acceptors (Lipinski definition) is 3. The third-order valence-electron chi connectivity index (χ3n) is 4.50. The quantitative estimate of drug-likeness (QED) is 0.861. The number of ether oxygens (including phenoxy) is 1. The zero-order valence-electron chi connectivity index (χ0n) is 13.8. The molecule has 124 valence electrons. The van der Waals surface area contributed by atoms with Gasteiger partial charge in [0.25, 0.3) is 0 Å². The molecule has 1 aliphatic rings. The molecule has 0 aliphatic carbocycles. The van der Waals surface area contributed by atoms with E-state index in [9.17, 15) is 0 Å². The summed E-state index contributed by atoms with van der Waals surface area (Å²) in [5.41, 5.74) is 4.69. The fourth-order valence-electron chi connectivity index (χ4n) is 3.13. The molecule has 0 saturated carbocycles. The lowest BCUT2D eigenvalue weighted by molar-refractivity contribution is 0.0547. The Hall–Kier alpha value is -1.17. The second kappa shape index (κ2) is 7.60. The van der Waals surface area contributed by atoms with Gasteiger partial charge < -0.3 is 10.1 Å². The normalized spacial score (nSPS) is 18.3. The van der Waals surface area contributed by atoms with Crippen LogP contribution in [0.3, 0.4) is 0 Å². The lowest BCUT2D eigenvalue weighted by Gasteiger charge is -2.22. The molecule has 4 nitrogen and oxygen atoms in total. The van der Waals surface area contributed by atoms with Crippen molar-refractivity contribution in [1.82, 2.24) is 15.1 Å². The van der Waals surface area contributed by atoms with E-state index in [-0.39, 0.29) is 0 Å². The largest absolute Gasteiger partial charge is 0.381 e. The smallest absolute Gasteiger partial charge is 0.0649 e. The molecule has 1 aromatic heterocycles. The summed E-state index contributed by atoms with van der Waals surface area (Å²) in [5, 5.41) is 8.30. The van der Waals surface area contributed by atoms with Crippen molar-refractivity contribution in [2.45, 2.75) is 33.2 Å². The molecule has 5 heteroatoms. The number of halogens is 1. The molecule has 0 radical (unpaired) electrons. The minimum atomic E-state index is 0.644.